The third-order valence-electron chi connectivity index (χ3n) is 6.64. The van der Waals surface area contributed by atoms with Gasteiger partial charge in [-0.3, -0.25) is 4.57 Å². The minimum Gasteiger partial charge on any atom is -0.495 e. The predicted molar refractivity (Wildman–Crippen MR) is 158 cm³/mol. The molecule has 4 rings (SSSR count). The van der Waals surface area contributed by atoms with Crippen LogP contribution >= 0.6 is 19.2 Å². The molecule has 1 N–H and O–H groups in total. The molecule has 0 aliphatic rings. The molecule has 224 valence electrons. The largest absolute Gasteiger partial charge is 0.495 e. The first-order chi connectivity index (χ1) is 20.3. The number of nitrogens with zero attached hydrogens (tertiary/aromatic N) is 2. The molecule has 4 aromatic rings. The summed E-state index contributed by atoms with van der Waals surface area (Å²) < 4.78 is 79.8. The average molecular weight is 647 g/mol. The lowest BCUT2D eigenvalue weighted by molar-refractivity contribution is 0.0511. The van der Waals surface area contributed by atoms with Crippen molar-refractivity contribution in [2.75, 3.05) is 14.2 Å². The highest BCUT2D eigenvalue weighted by Crippen LogP contribution is 2.63. The van der Waals surface area contributed by atoms with Crippen LogP contribution < -0.4 is 4.74 Å². The van der Waals surface area contributed by atoms with E-state index in [1.54, 1.807) is 54.6 Å². The van der Waals surface area contributed by atoms with Crippen LogP contribution in [0, 0.1) is 11.3 Å². The van der Waals surface area contributed by atoms with E-state index in [1.807, 2.05) is 6.07 Å². The lowest BCUT2D eigenvalue weighted by atomic mass is 10.0. The van der Waals surface area contributed by atoms with Gasteiger partial charge in [0.1, 0.15) is 10.6 Å². The minimum absolute atomic E-state index is 0.0991. The maximum atomic E-state index is 14.7. The Kier molecular flexibility index (Phi) is 9.72. The highest BCUT2D eigenvalue weighted by atomic mass is 35.5. The molecule has 0 heterocycles. The Bertz CT molecular complexity index is 1830. The second-order valence-corrected chi connectivity index (χ2v) is 13.7. The second kappa shape index (κ2) is 12.9. The number of methoxy groups -OCH3 is 1. The Hall–Kier alpha value is -3.62. The van der Waals surface area contributed by atoms with Crippen molar-refractivity contribution in [2.24, 2.45) is 0 Å². The molecule has 0 saturated carbocycles. The number of para-hydroxylation sites is 1. The standard InChI is InChI=1S/C30H26ClF2N2O6PS/c1-40-28-8-3-4-9-29(28)43(38,39)35(19-21-10-13-24(14-11-21)25-7-5-6-22(16-25)18-34)20-23-12-15-26(27(31)17-23)30(32,33)42(36,37)41-2/h3-17H,19-20H2,1-2H3,(H,36,37). The number of ether oxygens (including phenoxy) is 1. The molecule has 8 nitrogen and oxygen atoms in total. The van der Waals surface area contributed by atoms with Crippen LogP contribution in [0.25, 0.3) is 11.1 Å². The highest BCUT2D eigenvalue weighted by molar-refractivity contribution is 7.89. The Morgan fingerprint density at radius 2 is 1.58 bits per heavy atom. The van der Waals surface area contributed by atoms with Crippen molar-refractivity contribution in [2.45, 2.75) is 23.6 Å². The number of hydrogen-bond acceptors (Lipinski definition) is 6. The van der Waals surface area contributed by atoms with E-state index in [-0.39, 0.29) is 29.3 Å². The van der Waals surface area contributed by atoms with Crippen molar-refractivity contribution in [3.63, 3.8) is 0 Å². The number of benzene rings is 4. The summed E-state index contributed by atoms with van der Waals surface area (Å²) in [6.45, 7) is -0.386. The summed E-state index contributed by atoms with van der Waals surface area (Å²) in [5, 5.41) is 8.67. The molecule has 0 bridgehead atoms. The Morgan fingerprint density at radius 1 is 0.930 bits per heavy atom. The van der Waals surface area contributed by atoms with Gasteiger partial charge in [-0.05, 0) is 52.6 Å². The fraction of sp³-hybridized carbons (Fsp3) is 0.167. The molecule has 13 heteroatoms. The zero-order valence-electron chi connectivity index (χ0n) is 22.9. The SMILES string of the molecule is COc1ccccc1S(=O)(=O)N(Cc1ccc(-c2cccc(C#N)c2)cc1)Cc1ccc(C(F)(F)P(=O)(O)OC)c(Cl)c1. The molecule has 0 spiro atoms. The summed E-state index contributed by atoms with van der Waals surface area (Å²) in [6, 6.07) is 25.5. The van der Waals surface area contributed by atoms with Crippen molar-refractivity contribution in [3.05, 3.63) is 118 Å². The molecule has 0 saturated heterocycles. The highest BCUT2D eigenvalue weighted by Gasteiger charge is 2.53. The predicted octanol–water partition coefficient (Wildman–Crippen LogP) is 7.16. The van der Waals surface area contributed by atoms with E-state index in [1.165, 1.54) is 25.3 Å². The van der Waals surface area contributed by atoms with Gasteiger partial charge in [-0.1, -0.05) is 72.3 Å². The number of alkyl halides is 2. The molecular formula is C30H26ClF2N2O6PS. The molecule has 4 aromatic carbocycles. The van der Waals surface area contributed by atoms with Gasteiger partial charge in [0, 0.05) is 20.2 Å². The molecule has 0 aliphatic carbocycles. The summed E-state index contributed by atoms with van der Waals surface area (Å²) >= 11 is 6.12. The van der Waals surface area contributed by atoms with Crippen LogP contribution in [0.4, 0.5) is 8.78 Å². The van der Waals surface area contributed by atoms with E-state index in [9.17, 15) is 31.9 Å². The summed E-state index contributed by atoms with van der Waals surface area (Å²) in [5.74, 6) is 0.117. The molecule has 0 fully saturated rings. The van der Waals surface area contributed by atoms with Gasteiger partial charge >= 0.3 is 13.3 Å². The molecule has 0 radical (unpaired) electrons. The fourth-order valence-corrected chi connectivity index (χ4v) is 7.03. The third-order valence-corrected chi connectivity index (χ3v) is 10.2. The van der Waals surface area contributed by atoms with Gasteiger partial charge in [-0.25, -0.2) is 8.42 Å². The Balaban J connectivity index is 1.71. The number of hydrogen-bond donors (Lipinski definition) is 1. The topological polar surface area (TPSA) is 117 Å². The van der Waals surface area contributed by atoms with E-state index < -0.39 is 33.9 Å². The van der Waals surface area contributed by atoms with Crippen molar-refractivity contribution in [3.8, 4) is 22.9 Å². The smallest absolute Gasteiger partial charge is 0.401 e. The van der Waals surface area contributed by atoms with Gasteiger partial charge in [0.25, 0.3) is 0 Å². The number of halogens is 3. The van der Waals surface area contributed by atoms with Gasteiger partial charge in [-0.2, -0.15) is 18.3 Å². The molecule has 1 atom stereocenters. The number of nitriles is 1. The number of rotatable bonds is 11. The average Bonchev–Trinajstić information content (AvgIpc) is 3.00. The summed E-state index contributed by atoms with van der Waals surface area (Å²) in [5.41, 5.74) is -2.22. The van der Waals surface area contributed by atoms with Gasteiger partial charge in [0.05, 0.1) is 29.3 Å². The maximum absolute atomic E-state index is 14.7. The molecule has 1 unspecified atom stereocenters. The Labute approximate surface area is 253 Å². The van der Waals surface area contributed by atoms with Gasteiger partial charge in [0.2, 0.25) is 10.0 Å². The lowest BCUT2D eigenvalue weighted by Gasteiger charge is -2.25. The van der Waals surface area contributed by atoms with E-state index >= 15 is 0 Å². The summed E-state index contributed by atoms with van der Waals surface area (Å²) in [7, 11) is -7.56. The van der Waals surface area contributed by atoms with Gasteiger partial charge in [0.15, 0.2) is 0 Å². The van der Waals surface area contributed by atoms with E-state index in [0.717, 1.165) is 27.6 Å². The third kappa shape index (κ3) is 6.81. The van der Waals surface area contributed by atoms with Crippen LogP contribution in [0.5, 0.6) is 5.75 Å². The maximum Gasteiger partial charge on any atom is 0.401 e. The van der Waals surface area contributed by atoms with Crippen LogP contribution in [0.1, 0.15) is 22.3 Å². The normalized spacial score (nSPS) is 13.3. The zero-order valence-corrected chi connectivity index (χ0v) is 25.4. The van der Waals surface area contributed by atoms with E-state index in [2.05, 4.69) is 10.6 Å². The van der Waals surface area contributed by atoms with Crippen molar-refractivity contribution in [1.29, 1.82) is 5.26 Å². The van der Waals surface area contributed by atoms with Crippen LogP contribution in [0.15, 0.2) is 95.9 Å². The van der Waals surface area contributed by atoms with Crippen LogP contribution in [-0.2, 0) is 37.9 Å². The van der Waals surface area contributed by atoms with E-state index in [0.29, 0.717) is 18.2 Å². The van der Waals surface area contributed by atoms with Crippen LogP contribution in [0.2, 0.25) is 5.02 Å². The summed E-state index contributed by atoms with van der Waals surface area (Å²) in [6.07, 6.45) is 0. The van der Waals surface area contributed by atoms with Gasteiger partial charge in [-0.15, -0.1) is 0 Å². The van der Waals surface area contributed by atoms with E-state index in [4.69, 9.17) is 16.3 Å². The van der Waals surface area contributed by atoms with Crippen LogP contribution in [-0.4, -0.2) is 31.8 Å². The van der Waals surface area contributed by atoms with Gasteiger partial charge < -0.3 is 14.2 Å². The molecular weight excluding hydrogens is 621 g/mol. The van der Waals surface area contributed by atoms with Crippen LogP contribution in [0.3, 0.4) is 0 Å². The minimum atomic E-state index is -5.37. The molecule has 0 aromatic heterocycles. The van der Waals surface area contributed by atoms with Crippen molar-refractivity contribution >= 4 is 29.2 Å². The zero-order chi connectivity index (χ0) is 31.4. The Morgan fingerprint density at radius 3 is 2.21 bits per heavy atom. The molecule has 43 heavy (non-hydrogen) atoms. The molecule has 0 amide bonds. The fourth-order valence-electron chi connectivity index (χ4n) is 4.34. The number of sulfonamides is 1. The first-order valence-electron chi connectivity index (χ1n) is 12.6. The second-order valence-electron chi connectivity index (χ2n) is 9.37. The van der Waals surface area contributed by atoms with Crippen molar-refractivity contribution in [1.82, 2.24) is 4.31 Å². The first kappa shape index (κ1) is 32.3. The lowest BCUT2D eigenvalue weighted by Crippen LogP contribution is -2.30. The first-order valence-corrected chi connectivity index (χ1v) is 16.0. The monoisotopic (exact) mass is 646 g/mol. The molecule has 0 aliphatic heterocycles. The quantitative estimate of drug-likeness (QED) is 0.172. The van der Waals surface area contributed by atoms with Crippen molar-refractivity contribution < 1.29 is 35.9 Å². The summed E-state index contributed by atoms with van der Waals surface area (Å²) in [4.78, 5) is 9.52.